The number of anilines is 1. The van der Waals surface area contributed by atoms with Crippen LogP contribution in [0.3, 0.4) is 0 Å². The van der Waals surface area contributed by atoms with Gasteiger partial charge >= 0.3 is 6.03 Å². The zero-order chi connectivity index (χ0) is 24.2. The highest BCUT2D eigenvalue weighted by Crippen LogP contribution is 2.29. The number of halogens is 2. The molecule has 1 aliphatic heterocycles. The van der Waals surface area contributed by atoms with Gasteiger partial charge in [0.05, 0.1) is 5.69 Å². The lowest BCUT2D eigenvalue weighted by Crippen LogP contribution is -2.54. The number of carbonyl (C=O) groups is 3. The van der Waals surface area contributed by atoms with Crippen LogP contribution in [0.15, 0.2) is 72.3 Å². The standard InChI is InChI=1S/C26H20Cl2N2O4/c1-2-16-6-9-21(10-7-16)30-25(32)22(24(31)29-26(30)33)14-18-13-20(28)8-11-23(18)34-15-17-4-3-5-19(27)12-17/h3-14H,2,15H2,1H3,(H,29,31,33)/b22-14+. The minimum absolute atomic E-state index is 0.214. The number of ether oxygens (including phenoxy) is 1. The molecule has 6 nitrogen and oxygen atoms in total. The average Bonchev–Trinajstić information content (AvgIpc) is 2.81. The predicted molar refractivity (Wildman–Crippen MR) is 132 cm³/mol. The highest BCUT2D eigenvalue weighted by Gasteiger charge is 2.37. The van der Waals surface area contributed by atoms with E-state index in [1.165, 1.54) is 6.08 Å². The Morgan fingerprint density at radius 2 is 1.65 bits per heavy atom. The fourth-order valence-electron chi connectivity index (χ4n) is 3.48. The number of urea groups is 1. The summed E-state index contributed by atoms with van der Waals surface area (Å²) in [5, 5.41) is 3.21. The first-order valence-electron chi connectivity index (χ1n) is 10.5. The average molecular weight is 495 g/mol. The molecule has 0 aliphatic carbocycles. The van der Waals surface area contributed by atoms with E-state index in [0.717, 1.165) is 22.4 Å². The molecule has 172 valence electrons. The van der Waals surface area contributed by atoms with Gasteiger partial charge < -0.3 is 4.74 Å². The number of aryl methyl sites for hydroxylation is 1. The Hall–Kier alpha value is -3.61. The van der Waals surface area contributed by atoms with Crippen molar-refractivity contribution in [1.29, 1.82) is 0 Å². The van der Waals surface area contributed by atoms with Crippen LogP contribution in [0, 0.1) is 0 Å². The minimum atomic E-state index is -0.806. The number of rotatable bonds is 6. The lowest BCUT2D eigenvalue weighted by atomic mass is 10.1. The molecule has 0 spiro atoms. The first-order chi connectivity index (χ1) is 16.4. The quantitative estimate of drug-likeness (QED) is 0.347. The normalized spacial score (nSPS) is 15.0. The lowest BCUT2D eigenvalue weighted by Gasteiger charge is -2.26. The van der Waals surface area contributed by atoms with Crippen LogP contribution < -0.4 is 15.0 Å². The van der Waals surface area contributed by atoms with E-state index in [2.05, 4.69) is 5.32 Å². The maximum absolute atomic E-state index is 13.2. The molecular weight excluding hydrogens is 475 g/mol. The van der Waals surface area contributed by atoms with Crippen LogP contribution in [0.4, 0.5) is 10.5 Å². The lowest BCUT2D eigenvalue weighted by molar-refractivity contribution is -0.122. The molecule has 1 aliphatic rings. The maximum Gasteiger partial charge on any atom is 0.335 e. The fraction of sp³-hybridized carbons (Fsp3) is 0.115. The summed E-state index contributed by atoms with van der Waals surface area (Å²) in [7, 11) is 0. The second-order valence-electron chi connectivity index (χ2n) is 7.58. The van der Waals surface area contributed by atoms with E-state index in [1.807, 2.05) is 31.2 Å². The molecule has 34 heavy (non-hydrogen) atoms. The van der Waals surface area contributed by atoms with Crippen molar-refractivity contribution in [2.24, 2.45) is 0 Å². The molecule has 4 rings (SSSR count). The molecule has 0 bridgehead atoms. The van der Waals surface area contributed by atoms with Crippen LogP contribution in [0.2, 0.25) is 10.0 Å². The summed E-state index contributed by atoms with van der Waals surface area (Å²) in [4.78, 5) is 39.2. The Morgan fingerprint density at radius 1 is 0.912 bits per heavy atom. The zero-order valence-corrected chi connectivity index (χ0v) is 19.7. The molecule has 1 saturated heterocycles. The third-order valence-corrected chi connectivity index (χ3v) is 5.73. The molecular formula is C26H20Cl2N2O4. The monoisotopic (exact) mass is 494 g/mol. The molecule has 1 heterocycles. The van der Waals surface area contributed by atoms with E-state index in [1.54, 1.807) is 42.5 Å². The molecule has 0 unspecified atom stereocenters. The number of imide groups is 2. The van der Waals surface area contributed by atoms with Gasteiger partial charge in [0.15, 0.2) is 0 Å². The van der Waals surface area contributed by atoms with E-state index in [0.29, 0.717) is 27.0 Å². The number of nitrogens with one attached hydrogen (secondary N) is 1. The molecule has 8 heteroatoms. The first-order valence-corrected chi connectivity index (χ1v) is 11.3. The molecule has 1 N–H and O–H groups in total. The maximum atomic E-state index is 13.2. The van der Waals surface area contributed by atoms with Crippen molar-refractivity contribution in [2.75, 3.05) is 4.90 Å². The smallest absolute Gasteiger partial charge is 0.335 e. The molecule has 0 aromatic heterocycles. The Balaban J connectivity index is 1.66. The van der Waals surface area contributed by atoms with Crippen LogP contribution in [0.5, 0.6) is 5.75 Å². The zero-order valence-electron chi connectivity index (χ0n) is 18.2. The summed E-state index contributed by atoms with van der Waals surface area (Å²) in [5.41, 5.74) is 2.47. The van der Waals surface area contributed by atoms with Crippen molar-refractivity contribution in [3.8, 4) is 5.75 Å². The van der Waals surface area contributed by atoms with Gasteiger partial charge in [0.1, 0.15) is 17.9 Å². The van der Waals surface area contributed by atoms with E-state index in [-0.39, 0.29) is 12.2 Å². The molecule has 0 radical (unpaired) electrons. The van der Waals surface area contributed by atoms with Gasteiger partial charge in [-0.2, -0.15) is 0 Å². The summed E-state index contributed by atoms with van der Waals surface area (Å²) in [6.45, 7) is 2.22. The third kappa shape index (κ3) is 5.14. The number of benzene rings is 3. The topological polar surface area (TPSA) is 75.7 Å². The van der Waals surface area contributed by atoms with Crippen molar-refractivity contribution in [3.63, 3.8) is 0 Å². The summed E-state index contributed by atoms with van der Waals surface area (Å²) >= 11 is 12.2. The van der Waals surface area contributed by atoms with Crippen LogP contribution in [-0.4, -0.2) is 17.8 Å². The molecule has 1 fully saturated rings. The molecule has 0 atom stereocenters. The molecule has 4 amide bonds. The van der Waals surface area contributed by atoms with Crippen molar-refractivity contribution in [1.82, 2.24) is 5.32 Å². The summed E-state index contributed by atoms with van der Waals surface area (Å²) in [6.07, 6.45) is 2.19. The Bertz CT molecular complexity index is 1300. The van der Waals surface area contributed by atoms with Crippen LogP contribution in [-0.2, 0) is 22.6 Å². The highest BCUT2D eigenvalue weighted by molar-refractivity contribution is 6.39. The van der Waals surface area contributed by atoms with Crippen LogP contribution in [0.1, 0.15) is 23.6 Å². The van der Waals surface area contributed by atoms with E-state index in [9.17, 15) is 14.4 Å². The van der Waals surface area contributed by atoms with Crippen molar-refractivity contribution in [2.45, 2.75) is 20.0 Å². The van der Waals surface area contributed by atoms with Gasteiger partial charge in [-0.1, -0.05) is 54.4 Å². The minimum Gasteiger partial charge on any atom is -0.488 e. The number of carbonyl (C=O) groups excluding carboxylic acids is 3. The summed E-state index contributed by atoms with van der Waals surface area (Å²) in [6, 6.07) is 18.3. The second-order valence-corrected chi connectivity index (χ2v) is 8.45. The van der Waals surface area contributed by atoms with E-state index < -0.39 is 17.8 Å². The number of barbiturate groups is 1. The summed E-state index contributed by atoms with van der Waals surface area (Å²) < 4.78 is 5.92. The molecule has 3 aromatic carbocycles. The van der Waals surface area contributed by atoms with Gasteiger partial charge in [0.2, 0.25) is 0 Å². The largest absolute Gasteiger partial charge is 0.488 e. The van der Waals surface area contributed by atoms with Gasteiger partial charge in [0, 0.05) is 15.6 Å². The molecule has 3 aromatic rings. The van der Waals surface area contributed by atoms with Crippen molar-refractivity contribution < 1.29 is 19.1 Å². The van der Waals surface area contributed by atoms with Gasteiger partial charge in [-0.25, -0.2) is 9.69 Å². The van der Waals surface area contributed by atoms with Gasteiger partial charge in [0.25, 0.3) is 11.8 Å². The van der Waals surface area contributed by atoms with Crippen LogP contribution in [0.25, 0.3) is 6.08 Å². The van der Waals surface area contributed by atoms with Crippen LogP contribution >= 0.6 is 23.2 Å². The van der Waals surface area contributed by atoms with Crippen molar-refractivity contribution in [3.05, 3.63) is 99.0 Å². The van der Waals surface area contributed by atoms with Gasteiger partial charge in [-0.15, -0.1) is 0 Å². The number of hydrogen-bond donors (Lipinski definition) is 1. The van der Waals surface area contributed by atoms with Gasteiger partial charge in [-0.3, -0.25) is 14.9 Å². The number of amides is 4. The highest BCUT2D eigenvalue weighted by atomic mass is 35.5. The van der Waals surface area contributed by atoms with Crippen molar-refractivity contribution >= 4 is 52.8 Å². The number of nitrogens with zero attached hydrogens (tertiary/aromatic N) is 1. The Morgan fingerprint density at radius 3 is 2.35 bits per heavy atom. The third-order valence-electron chi connectivity index (χ3n) is 5.26. The predicted octanol–water partition coefficient (Wildman–Crippen LogP) is 5.80. The molecule has 0 saturated carbocycles. The number of hydrogen-bond acceptors (Lipinski definition) is 4. The summed E-state index contributed by atoms with van der Waals surface area (Å²) in [5.74, 6) is -1.12. The second kappa shape index (κ2) is 10.1. The Labute approximate surface area is 206 Å². The van der Waals surface area contributed by atoms with E-state index in [4.69, 9.17) is 27.9 Å². The van der Waals surface area contributed by atoms with E-state index >= 15 is 0 Å². The first kappa shape index (κ1) is 23.5. The fourth-order valence-corrected chi connectivity index (χ4v) is 3.87. The SMILES string of the molecule is CCc1ccc(N2C(=O)NC(=O)/C(=C\c3cc(Cl)ccc3OCc3cccc(Cl)c3)C2=O)cc1. The Kier molecular flexibility index (Phi) is 7.01. The van der Waals surface area contributed by atoms with Gasteiger partial charge in [-0.05, 0) is 66.1 Å².